The van der Waals surface area contributed by atoms with Gasteiger partial charge in [-0.1, -0.05) is 0 Å². The van der Waals surface area contributed by atoms with Crippen LogP contribution in [0.2, 0.25) is 0 Å². The van der Waals surface area contributed by atoms with Crippen molar-refractivity contribution in [3.63, 3.8) is 0 Å². The van der Waals surface area contributed by atoms with Crippen molar-refractivity contribution in [1.82, 2.24) is 0 Å². The minimum absolute atomic E-state index is 0.382. The SMILES string of the molecule is CC(=O)OCC(=O)OCC(=O)OI1OC(=O)c2ccccc21. The van der Waals surface area contributed by atoms with Gasteiger partial charge in [0.25, 0.3) is 0 Å². The van der Waals surface area contributed by atoms with Crippen LogP contribution in [0.1, 0.15) is 17.3 Å². The second kappa shape index (κ2) is 7.20. The van der Waals surface area contributed by atoms with E-state index in [0.717, 1.165) is 6.92 Å². The molecule has 1 aromatic carbocycles. The number of carbonyl (C=O) groups is 4. The number of ether oxygens (including phenoxy) is 2. The van der Waals surface area contributed by atoms with Crippen molar-refractivity contribution in [2.45, 2.75) is 6.92 Å². The molecule has 0 aromatic heterocycles. The molecule has 0 radical (unpaired) electrons. The second-order valence-corrected chi connectivity index (χ2v) is 7.24. The van der Waals surface area contributed by atoms with Gasteiger partial charge in [-0.2, -0.15) is 0 Å². The first kappa shape index (κ1) is 16.2. The molecule has 0 spiro atoms. The van der Waals surface area contributed by atoms with Crippen molar-refractivity contribution in [3.05, 3.63) is 33.4 Å². The van der Waals surface area contributed by atoms with E-state index < -0.39 is 57.7 Å². The summed E-state index contributed by atoms with van der Waals surface area (Å²) in [5.41, 5.74) is 0.382. The molecule has 1 heterocycles. The first-order valence-electron chi connectivity index (χ1n) is 5.99. The minimum atomic E-state index is -2.86. The topological polar surface area (TPSA) is 105 Å². The summed E-state index contributed by atoms with van der Waals surface area (Å²) in [4.78, 5) is 44.8. The molecule has 118 valence electrons. The van der Waals surface area contributed by atoms with Crippen LogP contribution in [0.25, 0.3) is 0 Å². The average molecular weight is 422 g/mol. The molecule has 22 heavy (non-hydrogen) atoms. The van der Waals surface area contributed by atoms with E-state index in [1.165, 1.54) is 0 Å². The van der Waals surface area contributed by atoms with Gasteiger partial charge in [0.2, 0.25) is 0 Å². The zero-order valence-electron chi connectivity index (χ0n) is 11.4. The van der Waals surface area contributed by atoms with Gasteiger partial charge in [0.05, 0.1) is 0 Å². The quantitative estimate of drug-likeness (QED) is 0.512. The van der Waals surface area contributed by atoms with E-state index >= 15 is 0 Å². The van der Waals surface area contributed by atoms with Crippen LogP contribution < -0.4 is 0 Å². The number of esters is 2. The van der Waals surface area contributed by atoms with Crippen LogP contribution in [0.3, 0.4) is 0 Å². The van der Waals surface area contributed by atoms with E-state index in [9.17, 15) is 19.2 Å². The Morgan fingerprint density at radius 2 is 1.77 bits per heavy atom. The predicted molar refractivity (Wildman–Crippen MR) is 78.3 cm³/mol. The van der Waals surface area contributed by atoms with Gasteiger partial charge in [0, 0.05) is 0 Å². The van der Waals surface area contributed by atoms with Crippen LogP contribution in [-0.2, 0) is 30.0 Å². The van der Waals surface area contributed by atoms with Crippen LogP contribution in [0.4, 0.5) is 0 Å². The van der Waals surface area contributed by atoms with E-state index in [1.54, 1.807) is 24.3 Å². The fourth-order valence-electron chi connectivity index (χ4n) is 1.41. The third kappa shape index (κ3) is 4.16. The summed E-state index contributed by atoms with van der Waals surface area (Å²) in [7, 11) is 0. The summed E-state index contributed by atoms with van der Waals surface area (Å²) >= 11 is -2.86. The fraction of sp³-hybridized carbons (Fsp3) is 0.231. The maximum absolute atomic E-state index is 11.6. The van der Waals surface area contributed by atoms with Gasteiger partial charge in [-0.3, -0.25) is 0 Å². The van der Waals surface area contributed by atoms with Gasteiger partial charge in [-0.05, 0) is 0 Å². The molecule has 2 rings (SSSR count). The summed E-state index contributed by atoms with van der Waals surface area (Å²) in [5, 5.41) is 0. The number of halogens is 1. The third-order valence-corrected chi connectivity index (χ3v) is 5.88. The number of carbonyl (C=O) groups excluding carboxylic acids is 4. The Morgan fingerprint density at radius 3 is 2.50 bits per heavy atom. The van der Waals surface area contributed by atoms with Crippen molar-refractivity contribution < 1.29 is 34.8 Å². The van der Waals surface area contributed by atoms with Gasteiger partial charge in [-0.25, -0.2) is 0 Å². The molecule has 0 atom stereocenters. The molecule has 0 fully saturated rings. The second-order valence-electron chi connectivity index (χ2n) is 3.95. The molecule has 0 amide bonds. The monoisotopic (exact) mass is 422 g/mol. The van der Waals surface area contributed by atoms with E-state index in [4.69, 9.17) is 6.13 Å². The van der Waals surface area contributed by atoms with E-state index in [0.29, 0.717) is 9.13 Å². The molecule has 9 heteroatoms. The van der Waals surface area contributed by atoms with Crippen molar-refractivity contribution >= 4 is 44.5 Å². The van der Waals surface area contributed by atoms with Gasteiger partial charge in [0.1, 0.15) is 0 Å². The van der Waals surface area contributed by atoms with Crippen molar-refractivity contribution in [2.24, 2.45) is 0 Å². The first-order chi connectivity index (χ1) is 10.5. The molecule has 0 N–H and O–H groups in total. The van der Waals surface area contributed by atoms with Crippen LogP contribution in [0, 0.1) is 3.57 Å². The predicted octanol–water partition coefficient (Wildman–Crippen LogP) is 1.01. The zero-order chi connectivity index (χ0) is 16.1. The first-order valence-corrected chi connectivity index (χ1v) is 8.83. The summed E-state index contributed by atoms with van der Waals surface area (Å²) in [5.74, 6) is -2.87. The van der Waals surface area contributed by atoms with E-state index in [1.807, 2.05) is 0 Å². The number of hydrogen-bond donors (Lipinski definition) is 0. The van der Waals surface area contributed by atoms with Crippen LogP contribution in [0.15, 0.2) is 24.3 Å². The molecule has 0 aliphatic carbocycles. The average Bonchev–Trinajstić information content (AvgIpc) is 2.80. The Kier molecular flexibility index (Phi) is 5.31. The number of hydrogen-bond acceptors (Lipinski definition) is 8. The molecule has 0 unspecified atom stereocenters. The van der Waals surface area contributed by atoms with Crippen molar-refractivity contribution in [1.29, 1.82) is 0 Å². The van der Waals surface area contributed by atoms with Gasteiger partial charge in [-0.15, -0.1) is 0 Å². The number of rotatable bonds is 5. The molecule has 8 nitrogen and oxygen atoms in total. The molecular formula is C13H11IO8. The molecule has 0 saturated heterocycles. The van der Waals surface area contributed by atoms with E-state index in [2.05, 4.69) is 9.47 Å². The number of benzene rings is 1. The summed E-state index contributed by atoms with van der Waals surface area (Å²) < 4.78 is 19.7. The van der Waals surface area contributed by atoms with Crippen molar-refractivity contribution in [2.75, 3.05) is 13.2 Å². The Balaban J connectivity index is 1.82. The Bertz CT molecular complexity index is 626. The normalized spacial score (nSPS) is 13.9. The van der Waals surface area contributed by atoms with E-state index in [-0.39, 0.29) is 0 Å². The molecule has 0 bridgehead atoms. The third-order valence-electron chi connectivity index (χ3n) is 2.30. The molecule has 1 aliphatic heterocycles. The van der Waals surface area contributed by atoms with Gasteiger partial charge in [0.15, 0.2) is 0 Å². The van der Waals surface area contributed by atoms with Crippen LogP contribution >= 0.6 is 20.6 Å². The molecule has 1 aromatic rings. The fourth-order valence-corrected chi connectivity index (χ4v) is 4.52. The summed E-state index contributed by atoms with van der Waals surface area (Å²) in [6.07, 6.45) is 0. The van der Waals surface area contributed by atoms with Crippen molar-refractivity contribution in [3.8, 4) is 0 Å². The van der Waals surface area contributed by atoms with Crippen LogP contribution in [0.5, 0.6) is 0 Å². The Morgan fingerprint density at radius 1 is 1.09 bits per heavy atom. The Hall–Kier alpha value is -2.17. The molecule has 1 aliphatic rings. The summed E-state index contributed by atoms with van der Waals surface area (Å²) in [6.45, 7) is -0.0870. The molecule has 0 saturated carbocycles. The Labute approximate surface area is 133 Å². The molecular weight excluding hydrogens is 411 g/mol. The van der Waals surface area contributed by atoms with Crippen LogP contribution in [-0.4, -0.2) is 37.1 Å². The zero-order valence-corrected chi connectivity index (χ0v) is 13.5. The standard InChI is InChI=1S/C13H11IO8/c1-8(15)19-6-11(16)20-7-12(17)21-14-10-5-3-2-4-9(10)13(18)22-14/h2-5H,6-7H2,1H3. The van der Waals surface area contributed by atoms with Gasteiger partial charge < -0.3 is 0 Å². The summed E-state index contributed by atoms with van der Waals surface area (Å²) in [6, 6.07) is 6.63. The maximum atomic E-state index is 11.6. The van der Waals surface area contributed by atoms with Gasteiger partial charge >= 0.3 is 133 Å². The number of fused-ring (bicyclic) bond motifs is 1.